The van der Waals surface area contributed by atoms with E-state index >= 15 is 0 Å². The standard InChI is InChI=1S/C10H23NO2/c1-8(6-12)9(2,3)10(4,5)13-7-11/h8,12H,6-7,11H2,1-5H3. The summed E-state index contributed by atoms with van der Waals surface area (Å²) in [4.78, 5) is 0. The van der Waals surface area contributed by atoms with E-state index in [0.717, 1.165) is 0 Å². The molecular weight excluding hydrogens is 166 g/mol. The van der Waals surface area contributed by atoms with Crippen LogP contribution in [0, 0.1) is 11.3 Å². The highest BCUT2D eigenvalue weighted by molar-refractivity contribution is 4.90. The third kappa shape index (κ3) is 2.66. The fraction of sp³-hybridized carbons (Fsp3) is 1.00. The molecule has 0 aliphatic rings. The zero-order valence-electron chi connectivity index (χ0n) is 9.42. The first-order chi connectivity index (χ1) is 5.79. The second-order valence-corrected chi connectivity index (χ2v) is 4.63. The number of nitrogens with two attached hydrogens (primary N) is 1. The molecule has 0 radical (unpaired) electrons. The monoisotopic (exact) mass is 189 g/mol. The summed E-state index contributed by atoms with van der Waals surface area (Å²) >= 11 is 0. The van der Waals surface area contributed by atoms with Crippen LogP contribution < -0.4 is 5.73 Å². The van der Waals surface area contributed by atoms with Gasteiger partial charge in [-0.2, -0.15) is 0 Å². The first kappa shape index (κ1) is 12.9. The number of ether oxygens (including phenoxy) is 1. The van der Waals surface area contributed by atoms with Crippen molar-refractivity contribution in [3.63, 3.8) is 0 Å². The van der Waals surface area contributed by atoms with E-state index in [4.69, 9.17) is 15.6 Å². The lowest BCUT2D eigenvalue weighted by Gasteiger charge is -2.44. The van der Waals surface area contributed by atoms with Crippen molar-refractivity contribution < 1.29 is 9.84 Å². The summed E-state index contributed by atoms with van der Waals surface area (Å²) in [7, 11) is 0. The molecule has 0 spiro atoms. The molecule has 0 saturated carbocycles. The molecule has 0 aliphatic carbocycles. The Kier molecular flexibility index (Phi) is 4.36. The van der Waals surface area contributed by atoms with Crippen molar-refractivity contribution in [2.75, 3.05) is 13.3 Å². The predicted molar refractivity (Wildman–Crippen MR) is 54.2 cm³/mol. The lowest BCUT2D eigenvalue weighted by atomic mass is 9.69. The molecule has 0 aromatic heterocycles. The van der Waals surface area contributed by atoms with Gasteiger partial charge in [0.25, 0.3) is 0 Å². The molecule has 0 aromatic rings. The van der Waals surface area contributed by atoms with Gasteiger partial charge in [-0.15, -0.1) is 0 Å². The minimum Gasteiger partial charge on any atom is -0.396 e. The molecule has 3 nitrogen and oxygen atoms in total. The molecule has 13 heavy (non-hydrogen) atoms. The number of rotatable bonds is 5. The van der Waals surface area contributed by atoms with E-state index in [1.54, 1.807) is 0 Å². The van der Waals surface area contributed by atoms with Crippen LogP contribution in [0.3, 0.4) is 0 Å². The van der Waals surface area contributed by atoms with Crippen molar-refractivity contribution in [2.45, 2.75) is 40.2 Å². The normalized spacial score (nSPS) is 15.9. The molecule has 0 heterocycles. The maximum atomic E-state index is 9.12. The van der Waals surface area contributed by atoms with Gasteiger partial charge >= 0.3 is 0 Å². The van der Waals surface area contributed by atoms with Gasteiger partial charge in [0.15, 0.2) is 0 Å². The first-order valence-electron chi connectivity index (χ1n) is 4.74. The van der Waals surface area contributed by atoms with Crippen molar-refractivity contribution >= 4 is 0 Å². The van der Waals surface area contributed by atoms with Crippen molar-refractivity contribution in [2.24, 2.45) is 17.1 Å². The summed E-state index contributed by atoms with van der Waals surface area (Å²) in [6.45, 7) is 10.6. The minimum atomic E-state index is -0.316. The van der Waals surface area contributed by atoms with E-state index in [1.165, 1.54) is 0 Å². The van der Waals surface area contributed by atoms with Gasteiger partial charge in [0.1, 0.15) is 0 Å². The van der Waals surface area contributed by atoms with Crippen LogP contribution >= 0.6 is 0 Å². The number of aliphatic hydroxyl groups is 1. The Morgan fingerprint density at radius 1 is 1.31 bits per heavy atom. The second-order valence-electron chi connectivity index (χ2n) is 4.63. The third-order valence-corrected chi connectivity index (χ3v) is 3.50. The predicted octanol–water partition coefficient (Wildman–Crippen LogP) is 1.35. The van der Waals surface area contributed by atoms with E-state index in [0.29, 0.717) is 0 Å². The van der Waals surface area contributed by atoms with Gasteiger partial charge in [0, 0.05) is 6.61 Å². The largest absolute Gasteiger partial charge is 0.396 e. The first-order valence-corrected chi connectivity index (χ1v) is 4.74. The van der Waals surface area contributed by atoms with Crippen molar-refractivity contribution in [3.05, 3.63) is 0 Å². The van der Waals surface area contributed by atoms with E-state index in [1.807, 2.05) is 20.8 Å². The fourth-order valence-electron chi connectivity index (χ4n) is 1.22. The Hall–Kier alpha value is -0.120. The van der Waals surface area contributed by atoms with Gasteiger partial charge in [-0.05, 0) is 25.2 Å². The summed E-state index contributed by atoms with van der Waals surface area (Å²) in [5.74, 6) is 0.189. The number of hydrogen-bond donors (Lipinski definition) is 2. The second kappa shape index (κ2) is 4.40. The smallest absolute Gasteiger partial charge is 0.0947 e. The molecule has 0 aromatic carbocycles. The highest BCUT2D eigenvalue weighted by Crippen LogP contribution is 2.39. The molecule has 0 bridgehead atoms. The average Bonchev–Trinajstić information content (AvgIpc) is 2.02. The van der Waals surface area contributed by atoms with E-state index in [2.05, 4.69) is 13.8 Å². The molecule has 1 unspecified atom stereocenters. The minimum absolute atomic E-state index is 0.0961. The Morgan fingerprint density at radius 2 is 1.77 bits per heavy atom. The van der Waals surface area contributed by atoms with E-state index in [-0.39, 0.29) is 30.3 Å². The van der Waals surface area contributed by atoms with Crippen molar-refractivity contribution in [1.82, 2.24) is 0 Å². The third-order valence-electron chi connectivity index (χ3n) is 3.50. The Balaban J connectivity index is 4.58. The molecule has 0 saturated heterocycles. The van der Waals surface area contributed by atoms with Gasteiger partial charge in [-0.3, -0.25) is 0 Å². The van der Waals surface area contributed by atoms with Crippen LogP contribution in [0.25, 0.3) is 0 Å². The summed E-state index contributed by atoms with van der Waals surface area (Å²) in [6, 6.07) is 0. The van der Waals surface area contributed by atoms with Gasteiger partial charge in [-0.25, -0.2) is 0 Å². The molecule has 0 aliphatic heterocycles. The molecule has 80 valence electrons. The van der Waals surface area contributed by atoms with Gasteiger partial charge < -0.3 is 15.6 Å². The SMILES string of the molecule is CC(CO)C(C)(C)C(C)(C)OCN. The zero-order valence-corrected chi connectivity index (χ0v) is 9.42. The quantitative estimate of drug-likeness (QED) is 0.642. The topological polar surface area (TPSA) is 55.5 Å². The zero-order chi connectivity index (χ0) is 10.7. The van der Waals surface area contributed by atoms with Gasteiger partial charge in [0.2, 0.25) is 0 Å². The van der Waals surface area contributed by atoms with E-state index in [9.17, 15) is 0 Å². The van der Waals surface area contributed by atoms with Crippen LogP contribution in [0.1, 0.15) is 34.6 Å². The Labute approximate surface area is 81.3 Å². The summed E-state index contributed by atoms with van der Waals surface area (Å²) in [5, 5.41) is 9.12. The van der Waals surface area contributed by atoms with E-state index < -0.39 is 0 Å². The summed E-state index contributed by atoms with van der Waals surface area (Å²) < 4.78 is 5.48. The van der Waals surface area contributed by atoms with Crippen LogP contribution in [-0.4, -0.2) is 24.0 Å². The summed E-state index contributed by atoms with van der Waals surface area (Å²) in [5.41, 5.74) is 4.96. The lowest BCUT2D eigenvalue weighted by molar-refractivity contribution is -0.123. The van der Waals surface area contributed by atoms with Gasteiger partial charge in [0.05, 0.1) is 12.3 Å². The van der Waals surface area contributed by atoms with Crippen LogP contribution in [0.5, 0.6) is 0 Å². The molecular formula is C10H23NO2. The molecule has 0 fully saturated rings. The van der Waals surface area contributed by atoms with Gasteiger partial charge in [-0.1, -0.05) is 20.8 Å². The fourth-order valence-corrected chi connectivity index (χ4v) is 1.22. The molecule has 0 rings (SSSR count). The highest BCUT2D eigenvalue weighted by atomic mass is 16.5. The Bertz CT molecular complexity index is 155. The number of hydrogen-bond acceptors (Lipinski definition) is 3. The van der Waals surface area contributed by atoms with Crippen LogP contribution in [-0.2, 0) is 4.74 Å². The maximum Gasteiger partial charge on any atom is 0.0947 e. The average molecular weight is 189 g/mol. The molecule has 1 atom stereocenters. The Morgan fingerprint density at radius 3 is 2.08 bits per heavy atom. The molecule has 3 N–H and O–H groups in total. The lowest BCUT2D eigenvalue weighted by Crippen LogP contribution is -2.47. The molecule has 0 amide bonds. The maximum absolute atomic E-state index is 9.12. The summed E-state index contributed by atoms with van der Waals surface area (Å²) in [6.07, 6.45) is 0. The molecule has 3 heteroatoms. The van der Waals surface area contributed by atoms with Crippen molar-refractivity contribution in [1.29, 1.82) is 0 Å². The van der Waals surface area contributed by atoms with Crippen LogP contribution in [0.15, 0.2) is 0 Å². The van der Waals surface area contributed by atoms with Crippen molar-refractivity contribution in [3.8, 4) is 0 Å². The highest BCUT2D eigenvalue weighted by Gasteiger charge is 2.41. The van der Waals surface area contributed by atoms with Crippen LogP contribution in [0.4, 0.5) is 0 Å². The number of aliphatic hydroxyl groups excluding tert-OH is 1. The van der Waals surface area contributed by atoms with Crippen LogP contribution in [0.2, 0.25) is 0 Å².